The van der Waals surface area contributed by atoms with Gasteiger partial charge in [-0.2, -0.15) is 13.2 Å². The van der Waals surface area contributed by atoms with E-state index in [1.54, 1.807) is 13.8 Å². The van der Waals surface area contributed by atoms with Crippen molar-refractivity contribution < 1.29 is 23.4 Å². The highest BCUT2D eigenvalue weighted by molar-refractivity contribution is 5.27. The van der Waals surface area contributed by atoms with Gasteiger partial charge in [0, 0.05) is 0 Å². The fourth-order valence-corrected chi connectivity index (χ4v) is 1.80. The molecule has 1 atom stereocenters. The molecular formula is C13H17F3O2. The lowest BCUT2D eigenvalue weighted by atomic mass is 9.86. The van der Waals surface area contributed by atoms with Crippen molar-refractivity contribution in [1.29, 1.82) is 0 Å². The van der Waals surface area contributed by atoms with E-state index in [1.807, 2.05) is 0 Å². The minimum Gasteiger partial charge on any atom is -0.387 e. The van der Waals surface area contributed by atoms with Crippen LogP contribution >= 0.6 is 0 Å². The second-order valence-corrected chi connectivity index (χ2v) is 4.33. The summed E-state index contributed by atoms with van der Waals surface area (Å²) in [7, 11) is 0. The van der Waals surface area contributed by atoms with Gasteiger partial charge in [0.2, 0.25) is 0 Å². The summed E-state index contributed by atoms with van der Waals surface area (Å²) >= 11 is 0. The topological polar surface area (TPSA) is 40.5 Å². The first-order valence-corrected chi connectivity index (χ1v) is 5.82. The number of hydrogen-bond acceptors (Lipinski definition) is 2. The molecule has 1 rings (SSSR count). The number of rotatable bonds is 4. The van der Waals surface area contributed by atoms with Gasteiger partial charge in [0.15, 0.2) is 0 Å². The summed E-state index contributed by atoms with van der Waals surface area (Å²) in [6.45, 7) is 3.44. The molecule has 102 valence electrons. The van der Waals surface area contributed by atoms with E-state index in [2.05, 4.69) is 0 Å². The van der Waals surface area contributed by atoms with E-state index < -0.39 is 23.4 Å². The van der Waals surface area contributed by atoms with Crippen LogP contribution in [0.2, 0.25) is 0 Å². The van der Waals surface area contributed by atoms with Crippen LogP contribution in [0.1, 0.15) is 43.9 Å². The van der Waals surface area contributed by atoms with Gasteiger partial charge in [-0.05, 0) is 30.5 Å². The van der Waals surface area contributed by atoms with Crippen LogP contribution in [-0.4, -0.2) is 15.8 Å². The Morgan fingerprint density at radius 2 is 1.50 bits per heavy atom. The smallest absolute Gasteiger partial charge is 0.387 e. The third kappa shape index (κ3) is 3.03. The van der Waals surface area contributed by atoms with Gasteiger partial charge >= 0.3 is 6.18 Å². The van der Waals surface area contributed by atoms with E-state index in [-0.39, 0.29) is 5.56 Å². The second kappa shape index (κ2) is 5.28. The molecule has 0 heterocycles. The first-order chi connectivity index (χ1) is 8.24. The fraction of sp³-hybridized carbons (Fsp3) is 0.538. The van der Waals surface area contributed by atoms with E-state index in [0.29, 0.717) is 12.8 Å². The number of aliphatic hydroxyl groups excluding tert-OH is 1. The van der Waals surface area contributed by atoms with Crippen LogP contribution < -0.4 is 0 Å². The van der Waals surface area contributed by atoms with Crippen molar-refractivity contribution in [2.75, 3.05) is 0 Å². The fourth-order valence-electron chi connectivity index (χ4n) is 1.80. The molecule has 0 spiro atoms. The minimum absolute atomic E-state index is 0.286. The second-order valence-electron chi connectivity index (χ2n) is 4.33. The normalized spacial score (nSPS) is 14.6. The third-order valence-electron chi connectivity index (χ3n) is 3.29. The molecule has 0 aliphatic carbocycles. The molecule has 0 saturated carbocycles. The monoisotopic (exact) mass is 262 g/mol. The van der Waals surface area contributed by atoms with Gasteiger partial charge in [-0.3, -0.25) is 0 Å². The first kappa shape index (κ1) is 15.0. The Labute approximate surface area is 104 Å². The Morgan fingerprint density at radius 1 is 1.06 bits per heavy atom. The predicted molar refractivity (Wildman–Crippen MR) is 61.9 cm³/mol. The van der Waals surface area contributed by atoms with Gasteiger partial charge in [0.1, 0.15) is 6.10 Å². The van der Waals surface area contributed by atoms with E-state index in [9.17, 15) is 23.4 Å². The molecule has 1 aromatic carbocycles. The van der Waals surface area contributed by atoms with Crippen LogP contribution in [0.4, 0.5) is 13.2 Å². The number of alkyl halides is 3. The van der Waals surface area contributed by atoms with Crippen molar-refractivity contribution >= 4 is 0 Å². The first-order valence-electron chi connectivity index (χ1n) is 5.82. The lowest BCUT2D eigenvalue weighted by Crippen LogP contribution is -2.34. The quantitative estimate of drug-likeness (QED) is 0.874. The van der Waals surface area contributed by atoms with E-state index in [0.717, 1.165) is 12.1 Å². The maximum absolute atomic E-state index is 12.4. The molecule has 0 amide bonds. The summed E-state index contributed by atoms with van der Waals surface area (Å²) in [5.41, 5.74) is -1.79. The third-order valence-corrected chi connectivity index (χ3v) is 3.29. The highest BCUT2D eigenvalue weighted by atomic mass is 19.4. The van der Waals surface area contributed by atoms with Crippen LogP contribution in [0.5, 0.6) is 0 Å². The van der Waals surface area contributed by atoms with Crippen LogP contribution in [-0.2, 0) is 6.18 Å². The molecule has 0 bridgehead atoms. The summed E-state index contributed by atoms with van der Waals surface area (Å²) in [5, 5.41) is 20.1. The highest BCUT2D eigenvalue weighted by Gasteiger charge is 2.34. The standard InChI is InChI=1S/C13H17F3O2/c1-3-12(18,4-2)11(17)9-5-7-10(8-6-9)13(14,15)16/h5-8,11,17-18H,3-4H2,1-2H3. The Balaban J connectivity index is 2.99. The SMILES string of the molecule is CCC(O)(CC)C(O)c1ccc(C(F)(F)F)cc1. The van der Waals surface area contributed by atoms with Crippen molar-refractivity contribution in [1.82, 2.24) is 0 Å². The van der Waals surface area contributed by atoms with Crippen molar-refractivity contribution in [3.8, 4) is 0 Å². The molecule has 0 saturated heterocycles. The van der Waals surface area contributed by atoms with Crippen molar-refractivity contribution in [2.24, 2.45) is 0 Å². The number of hydrogen-bond donors (Lipinski definition) is 2. The largest absolute Gasteiger partial charge is 0.416 e. The Bertz CT molecular complexity index is 380. The van der Waals surface area contributed by atoms with Gasteiger partial charge in [0.25, 0.3) is 0 Å². The zero-order valence-corrected chi connectivity index (χ0v) is 10.3. The maximum Gasteiger partial charge on any atom is 0.416 e. The minimum atomic E-state index is -4.39. The summed E-state index contributed by atoms with van der Waals surface area (Å²) in [6.07, 6.45) is -4.93. The summed E-state index contributed by atoms with van der Waals surface area (Å²) in [4.78, 5) is 0. The molecule has 2 nitrogen and oxygen atoms in total. The van der Waals surface area contributed by atoms with Gasteiger partial charge in [-0.25, -0.2) is 0 Å². The van der Waals surface area contributed by atoms with Crippen LogP contribution in [0.25, 0.3) is 0 Å². The van der Waals surface area contributed by atoms with Gasteiger partial charge in [-0.15, -0.1) is 0 Å². The Kier molecular flexibility index (Phi) is 4.40. The number of halogens is 3. The van der Waals surface area contributed by atoms with Crippen molar-refractivity contribution in [3.05, 3.63) is 35.4 Å². The van der Waals surface area contributed by atoms with Crippen LogP contribution in [0, 0.1) is 0 Å². The lowest BCUT2D eigenvalue weighted by Gasteiger charge is -2.31. The zero-order chi connectivity index (χ0) is 14.0. The van der Waals surface area contributed by atoms with E-state index in [1.165, 1.54) is 12.1 Å². The molecule has 18 heavy (non-hydrogen) atoms. The van der Waals surface area contributed by atoms with Crippen molar-refractivity contribution in [2.45, 2.75) is 44.6 Å². The van der Waals surface area contributed by atoms with Gasteiger partial charge in [0.05, 0.1) is 11.2 Å². The van der Waals surface area contributed by atoms with Gasteiger partial charge in [-0.1, -0.05) is 26.0 Å². The van der Waals surface area contributed by atoms with Crippen molar-refractivity contribution in [3.63, 3.8) is 0 Å². The van der Waals surface area contributed by atoms with E-state index in [4.69, 9.17) is 0 Å². The molecular weight excluding hydrogens is 245 g/mol. The molecule has 5 heteroatoms. The molecule has 0 fully saturated rings. The Morgan fingerprint density at radius 3 is 1.83 bits per heavy atom. The predicted octanol–water partition coefficient (Wildman–Crippen LogP) is 3.29. The molecule has 0 aliphatic rings. The average molecular weight is 262 g/mol. The van der Waals surface area contributed by atoms with Crippen LogP contribution in [0.15, 0.2) is 24.3 Å². The lowest BCUT2D eigenvalue weighted by molar-refractivity contribution is -0.137. The Hall–Kier alpha value is -1.07. The zero-order valence-electron chi connectivity index (χ0n) is 10.3. The number of aliphatic hydroxyl groups is 2. The summed E-state index contributed by atoms with van der Waals surface area (Å²) < 4.78 is 37.1. The molecule has 0 radical (unpaired) electrons. The summed E-state index contributed by atoms with van der Waals surface area (Å²) in [5.74, 6) is 0. The molecule has 0 aromatic heterocycles. The van der Waals surface area contributed by atoms with E-state index >= 15 is 0 Å². The molecule has 2 N–H and O–H groups in total. The average Bonchev–Trinajstić information content (AvgIpc) is 2.36. The number of benzene rings is 1. The summed E-state index contributed by atoms with van der Waals surface area (Å²) in [6, 6.07) is 4.21. The highest BCUT2D eigenvalue weighted by Crippen LogP contribution is 2.34. The van der Waals surface area contributed by atoms with Gasteiger partial charge < -0.3 is 10.2 Å². The molecule has 0 aliphatic heterocycles. The maximum atomic E-state index is 12.4. The van der Waals surface area contributed by atoms with Crippen LogP contribution in [0.3, 0.4) is 0 Å². The molecule has 1 unspecified atom stereocenters. The molecule has 1 aromatic rings.